The van der Waals surface area contributed by atoms with Crippen LogP contribution in [-0.2, 0) is 89.7 Å². The third-order valence-corrected chi connectivity index (χ3v) is 21.5. The number of piperazine rings is 1. The van der Waals surface area contributed by atoms with Crippen LogP contribution in [0.3, 0.4) is 0 Å². The normalized spacial score (nSPS) is 21.6. The van der Waals surface area contributed by atoms with Gasteiger partial charge in [0.2, 0.25) is 70.9 Å². The molecule has 32 nitrogen and oxygen atoms in total. The monoisotopic (exact) mass is 1560 g/mol. The zero-order valence-electron chi connectivity index (χ0n) is 64.2. The molecule has 1 unspecified atom stereocenters. The minimum absolute atomic E-state index is 0.0668. The van der Waals surface area contributed by atoms with Crippen molar-refractivity contribution in [3.63, 3.8) is 0 Å². The maximum Gasteiger partial charge on any atom is 0.246 e. The first-order chi connectivity index (χ1) is 52.7. The zero-order valence-corrected chi connectivity index (χ0v) is 65.9. The van der Waals surface area contributed by atoms with E-state index in [9.17, 15) is 52.7 Å². The fraction of sp³-hybridized carbons (Fsp3) is 0.693. The van der Waals surface area contributed by atoms with Crippen LogP contribution >= 0.6 is 23.5 Å². The summed E-state index contributed by atoms with van der Waals surface area (Å²) in [6.07, 6.45) is 6.86. The minimum atomic E-state index is -1.35. The number of aromatic nitrogens is 1. The van der Waals surface area contributed by atoms with E-state index in [2.05, 4.69) is 63.1 Å². The lowest BCUT2D eigenvalue weighted by molar-refractivity contribution is -0.148. The zero-order chi connectivity index (χ0) is 78.7. The highest BCUT2D eigenvalue weighted by molar-refractivity contribution is 7.98. The van der Waals surface area contributed by atoms with Gasteiger partial charge in [-0.05, 0) is 87.9 Å². The van der Waals surface area contributed by atoms with Crippen molar-refractivity contribution in [3.8, 4) is 0 Å². The number of nitrogens with zero attached hydrogens (tertiary/aromatic N) is 5. The molecule has 0 aliphatic carbocycles. The van der Waals surface area contributed by atoms with Crippen molar-refractivity contribution in [1.82, 2.24) is 77.8 Å². The maximum absolute atomic E-state index is 15.1. The number of ether oxygens (including phenoxy) is 3. The van der Waals surface area contributed by atoms with Gasteiger partial charge in [0, 0.05) is 159 Å². The van der Waals surface area contributed by atoms with Crippen LogP contribution in [-0.4, -0.2) is 287 Å². The molecule has 2 aromatic rings. The van der Waals surface area contributed by atoms with Crippen LogP contribution < -0.4 is 64.6 Å². The van der Waals surface area contributed by atoms with Crippen LogP contribution in [0.2, 0.25) is 0 Å². The average molecular weight is 1570 g/mol. The van der Waals surface area contributed by atoms with Crippen molar-refractivity contribution in [2.45, 2.75) is 184 Å². The van der Waals surface area contributed by atoms with Gasteiger partial charge in [-0.2, -0.15) is 23.5 Å². The first-order valence-electron chi connectivity index (χ1n) is 38.9. The molecule has 6 rings (SSSR count). The summed E-state index contributed by atoms with van der Waals surface area (Å²) in [7, 11) is 0. The Morgan fingerprint density at radius 3 is 1.86 bits per heavy atom. The number of pyridine rings is 1. The minimum Gasteiger partial charge on any atom is -0.379 e. The Labute approximate surface area is 650 Å². The van der Waals surface area contributed by atoms with Crippen LogP contribution in [0.15, 0.2) is 48.8 Å². The summed E-state index contributed by atoms with van der Waals surface area (Å²) in [6, 6.07) is 2.83. The Hall–Kier alpha value is -7.57. The molecule has 4 aliphatic heterocycles. The fourth-order valence-electron chi connectivity index (χ4n) is 13.1. The van der Waals surface area contributed by atoms with Crippen molar-refractivity contribution in [3.05, 3.63) is 65.5 Å². The number of thioether (sulfide) groups is 2. The second-order valence-corrected chi connectivity index (χ2v) is 30.0. The number of hydrogen-bond acceptors (Lipinski definition) is 22. The van der Waals surface area contributed by atoms with Gasteiger partial charge in [-0.15, -0.1) is 0 Å². The van der Waals surface area contributed by atoms with E-state index in [0.717, 1.165) is 23.2 Å². The predicted molar refractivity (Wildman–Crippen MR) is 416 cm³/mol. The lowest BCUT2D eigenvalue weighted by Gasteiger charge is -2.36. The Balaban J connectivity index is 0.964. The number of carbonyl (C=O) groups is 12. The molecule has 3 saturated heterocycles. The molecule has 1 aromatic heterocycles. The van der Waals surface area contributed by atoms with Gasteiger partial charge < -0.3 is 93.5 Å². The number of rotatable bonds is 39. The van der Waals surface area contributed by atoms with Gasteiger partial charge in [0.1, 0.15) is 42.3 Å². The van der Waals surface area contributed by atoms with E-state index in [1.165, 1.54) is 21.6 Å². The van der Waals surface area contributed by atoms with E-state index < -0.39 is 95.5 Å². The standard InChI is InChI=1S/C75H121N17O15S2/c1-5-8-18-58(84-66(95)24-23-65(94)81-26-14-35-105-37-39-107-40-38-106-36-15-27-82-67(96)47-89-31-33-90(34-32-89)73(102)56(45-78-7-3)46-79-28-25-76)69(98)88-61-51-109-50-55-41-54(43-80-44-55)49-108-48-52(4)83-71(100)60(42-53-16-10-9-11-17-53)87-70(99)59(21-22-64(77)93)86-68(97)57(6-2)85-72(101)62-19-12-29-91(62)75(104)63-20-13-30-92(63)74(61)103/h9-11,16-17,41,43-44,52,56-63,78-79H,5-8,12-15,18-40,42,45-51,76H2,1-4H3,(H2,77,93)(H,81,94)(H,82,96)(H,83,100)(H,84,95)(H,85,101)(H,86,97)(H,87,99)(H,88,98)/t52-,56?,57+,58+,59+,60+,61+,62+,63+/m1/s1. The quantitative estimate of drug-likeness (QED) is 0.0370. The molecule has 5 heterocycles. The smallest absolute Gasteiger partial charge is 0.246 e. The molecule has 0 saturated carbocycles. The van der Waals surface area contributed by atoms with Gasteiger partial charge in [-0.3, -0.25) is 67.4 Å². The summed E-state index contributed by atoms with van der Waals surface area (Å²) in [4.78, 5) is 177. The average Bonchev–Trinajstić information content (AvgIpc) is 1.67. The molecule has 608 valence electrons. The molecule has 14 N–H and O–H groups in total. The van der Waals surface area contributed by atoms with Crippen LogP contribution in [0.5, 0.6) is 0 Å². The highest BCUT2D eigenvalue weighted by atomic mass is 32.2. The summed E-state index contributed by atoms with van der Waals surface area (Å²) in [6.45, 7) is 16.7. The number of nitrogens with two attached hydrogens (primary N) is 2. The second kappa shape index (κ2) is 51.1. The first-order valence-corrected chi connectivity index (χ1v) is 41.2. The highest BCUT2D eigenvalue weighted by Gasteiger charge is 2.45. The van der Waals surface area contributed by atoms with E-state index in [0.29, 0.717) is 161 Å². The van der Waals surface area contributed by atoms with Crippen molar-refractivity contribution >= 4 is 94.4 Å². The molecular formula is C75H121N17O15S2. The van der Waals surface area contributed by atoms with E-state index >= 15 is 4.79 Å². The topological polar surface area (TPSA) is 431 Å². The summed E-state index contributed by atoms with van der Waals surface area (Å²) in [5.74, 6) is -4.47. The molecule has 3 fully saturated rings. The summed E-state index contributed by atoms with van der Waals surface area (Å²) in [5, 5.41) is 29.3. The predicted octanol–water partition coefficient (Wildman–Crippen LogP) is -0.659. The molecule has 0 radical (unpaired) electrons. The van der Waals surface area contributed by atoms with Gasteiger partial charge >= 0.3 is 0 Å². The molecule has 2 bridgehead atoms. The van der Waals surface area contributed by atoms with E-state index in [4.69, 9.17) is 25.7 Å². The number of primary amides is 1. The Morgan fingerprint density at radius 2 is 1.22 bits per heavy atom. The Bertz CT molecular complexity index is 3200. The van der Waals surface area contributed by atoms with Gasteiger partial charge in [0.15, 0.2) is 0 Å². The fourth-order valence-corrected chi connectivity index (χ4v) is 15.1. The van der Waals surface area contributed by atoms with E-state index in [1.807, 2.05) is 62.1 Å². The Kier molecular flexibility index (Phi) is 42.3. The lowest BCUT2D eigenvalue weighted by atomic mass is 10.0. The molecule has 109 heavy (non-hydrogen) atoms. The molecule has 1 aromatic carbocycles. The number of unbranched alkanes of at least 4 members (excludes halogenated alkanes) is 1. The third-order valence-electron chi connectivity index (χ3n) is 19.1. The van der Waals surface area contributed by atoms with Crippen LogP contribution in [0, 0.1) is 5.92 Å². The third kappa shape index (κ3) is 33.1. The van der Waals surface area contributed by atoms with Crippen molar-refractivity contribution in [2.24, 2.45) is 17.4 Å². The number of fused-ring (bicyclic) bond motifs is 4. The van der Waals surface area contributed by atoms with Crippen molar-refractivity contribution < 1.29 is 71.7 Å². The van der Waals surface area contributed by atoms with E-state index in [-0.39, 0.29) is 113 Å². The van der Waals surface area contributed by atoms with Gasteiger partial charge in [-0.1, -0.05) is 70.0 Å². The molecule has 34 heteroatoms. The van der Waals surface area contributed by atoms with Crippen molar-refractivity contribution in [1.29, 1.82) is 0 Å². The summed E-state index contributed by atoms with van der Waals surface area (Å²) >= 11 is 2.93. The van der Waals surface area contributed by atoms with Crippen LogP contribution in [0.25, 0.3) is 0 Å². The number of carbonyl (C=O) groups excluding carboxylic acids is 12. The van der Waals surface area contributed by atoms with E-state index in [1.54, 1.807) is 31.1 Å². The number of benzene rings is 1. The molecule has 9 atom stereocenters. The molecule has 4 aliphatic rings. The second-order valence-electron chi connectivity index (χ2n) is 28.0. The van der Waals surface area contributed by atoms with Crippen LogP contribution in [0.4, 0.5) is 0 Å². The molecule has 0 spiro atoms. The lowest BCUT2D eigenvalue weighted by Crippen LogP contribution is -2.60. The highest BCUT2D eigenvalue weighted by Crippen LogP contribution is 2.28. The number of hydrogen-bond donors (Lipinski definition) is 12. The van der Waals surface area contributed by atoms with Crippen LogP contribution in [0.1, 0.15) is 134 Å². The van der Waals surface area contributed by atoms with Gasteiger partial charge in [0.25, 0.3) is 0 Å². The largest absolute Gasteiger partial charge is 0.379 e. The number of nitrogens with one attached hydrogen (secondary N) is 10. The Morgan fingerprint density at radius 1 is 0.633 bits per heavy atom. The number of amides is 12. The first kappa shape index (κ1) is 90.3. The summed E-state index contributed by atoms with van der Waals surface area (Å²) < 4.78 is 17.0. The van der Waals surface area contributed by atoms with Gasteiger partial charge in [0.05, 0.1) is 38.9 Å². The molecule has 12 amide bonds. The maximum atomic E-state index is 15.1. The summed E-state index contributed by atoms with van der Waals surface area (Å²) in [5.41, 5.74) is 13.6. The van der Waals surface area contributed by atoms with Gasteiger partial charge in [-0.25, -0.2) is 0 Å². The SMILES string of the molecule is CCCC[C@H](NC(=O)CCC(=O)NCCCOCCOCCOCCCNC(=O)CN1CCN(C(=O)C(CNCC)CNCCN)CC1)C(=O)N[C@H]1CSCc2cncc(c2)CSC[C@@H](C)NC(=O)[C@H](Cc2ccccc2)NC(=O)[C@H](CCC(N)=O)NC(=O)[C@H](CC)NC(=O)[C@@H]2CCCN2C(=O)[C@@H]2CCCN2C1=O. The van der Waals surface area contributed by atoms with Crippen molar-refractivity contribution in [2.75, 3.05) is 143 Å². The molecular weight excluding hydrogens is 1440 g/mol.